The summed E-state index contributed by atoms with van der Waals surface area (Å²) in [6.45, 7) is 9.95. The van der Waals surface area contributed by atoms with Crippen molar-refractivity contribution in [2.24, 2.45) is 0 Å². The van der Waals surface area contributed by atoms with Gasteiger partial charge in [-0.1, -0.05) is 12.1 Å². The van der Waals surface area contributed by atoms with E-state index < -0.39 is 0 Å². The van der Waals surface area contributed by atoms with Crippen molar-refractivity contribution in [2.45, 2.75) is 20.8 Å². The number of benzene rings is 1. The standard InChI is InChI=1S/C18H24N4O/c1-13-14(2)19-15(3)20-18(13)22-11-9-21(10-12-22)16-7-5-6-8-17(16)23-4/h5-8H,9-12H2,1-4H3. The fourth-order valence-corrected chi connectivity index (χ4v) is 3.11. The van der Waals surface area contributed by atoms with Crippen molar-refractivity contribution >= 4 is 11.5 Å². The van der Waals surface area contributed by atoms with Crippen LogP contribution < -0.4 is 14.5 Å². The van der Waals surface area contributed by atoms with Crippen LogP contribution in [0.4, 0.5) is 11.5 Å². The van der Waals surface area contributed by atoms with E-state index in [1.807, 2.05) is 19.1 Å². The average molecular weight is 312 g/mol. The third-order valence-corrected chi connectivity index (χ3v) is 4.48. The second kappa shape index (κ2) is 6.44. The van der Waals surface area contributed by atoms with E-state index in [0.717, 1.165) is 49.3 Å². The highest BCUT2D eigenvalue weighted by molar-refractivity contribution is 5.60. The van der Waals surface area contributed by atoms with Crippen molar-refractivity contribution in [3.8, 4) is 5.75 Å². The summed E-state index contributed by atoms with van der Waals surface area (Å²) in [5.41, 5.74) is 3.42. The molecule has 1 aliphatic heterocycles. The van der Waals surface area contributed by atoms with E-state index in [2.05, 4.69) is 45.7 Å². The lowest BCUT2D eigenvalue weighted by molar-refractivity contribution is 0.413. The van der Waals surface area contributed by atoms with Crippen LogP contribution in [0.1, 0.15) is 17.1 Å². The molecule has 0 aliphatic carbocycles. The molecule has 1 saturated heterocycles. The maximum absolute atomic E-state index is 5.48. The summed E-state index contributed by atoms with van der Waals surface area (Å²) in [4.78, 5) is 13.9. The number of ether oxygens (including phenoxy) is 1. The number of nitrogens with zero attached hydrogens (tertiary/aromatic N) is 4. The summed E-state index contributed by atoms with van der Waals surface area (Å²) in [5, 5.41) is 0. The molecular formula is C18H24N4O. The Morgan fingerprint density at radius 3 is 2.26 bits per heavy atom. The molecule has 0 radical (unpaired) electrons. The SMILES string of the molecule is COc1ccccc1N1CCN(c2nc(C)nc(C)c2C)CC1. The first-order valence-corrected chi connectivity index (χ1v) is 8.05. The van der Waals surface area contributed by atoms with Crippen molar-refractivity contribution in [3.63, 3.8) is 0 Å². The maximum atomic E-state index is 5.48. The molecule has 5 nitrogen and oxygen atoms in total. The number of methoxy groups -OCH3 is 1. The molecule has 1 aliphatic rings. The lowest BCUT2D eigenvalue weighted by Gasteiger charge is -2.37. The summed E-state index contributed by atoms with van der Waals surface area (Å²) in [5.74, 6) is 2.86. The second-order valence-corrected chi connectivity index (χ2v) is 5.95. The highest BCUT2D eigenvalue weighted by Gasteiger charge is 2.22. The Morgan fingerprint density at radius 1 is 0.913 bits per heavy atom. The van der Waals surface area contributed by atoms with E-state index in [-0.39, 0.29) is 0 Å². The van der Waals surface area contributed by atoms with Crippen LogP contribution in [0, 0.1) is 20.8 Å². The Balaban J connectivity index is 1.76. The van der Waals surface area contributed by atoms with Gasteiger partial charge in [-0.2, -0.15) is 0 Å². The molecule has 5 heteroatoms. The molecule has 0 bridgehead atoms. The highest BCUT2D eigenvalue weighted by atomic mass is 16.5. The molecule has 23 heavy (non-hydrogen) atoms. The second-order valence-electron chi connectivity index (χ2n) is 5.95. The molecular weight excluding hydrogens is 288 g/mol. The summed E-state index contributed by atoms with van der Waals surface area (Å²) in [6, 6.07) is 8.21. The minimum absolute atomic E-state index is 0.843. The predicted molar refractivity (Wildman–Crippen MR) is 93.7 cm³/mol. The van der Waals surface area contributed by atoms with E-state index in [9.17, 15) is 0 Å². The van der Waals surface area contributed by atoms with Crippen molar-refractivity contribution in [2.75, 3.05) is 43.1 Å². The van der Waals surface area contributed by atoms with E-state index in [1.54, 1.807) is 7.11 Å². The first-order valence-electron chi connectivity index (χ1n) is 8.05. The fraction of sp³-hybridized carbons (Fsp3) is 0.444. The molecule has 0 saturated carbocycles. The molecule has 0 unspecified atom stereocenters. The molecule has 1 fully saturated rings. The molecule has 0 amide bonds. The highest BCUT2D eigenvalue weighted by Crippen LogP contribution is 2.29. The summed E-state index contributed by atoms with van der Waals surface area (Å²) in [7, 11) is 1.73. The lowest BCUT2D eigenvalue weighted by atomic mass is 10.2. The van der Waals surface area contributed by atoms with Gasteiger partial charge in [0.2, 0.25) is 0 Å². The van der Waals surface area contributed by atoms with Crippen molar-refractivity contribution in [3.05, 3.63) is 41.3 Å². The Bertz CT molecular complexity index is 693. The van der Waals surface area contributed by atoms with Gasteiger partial charge in [-0.05, 0) is 32.9 Å². The first kappa shape index (κ1) is 15.6. The molecule has 3 rings (SSSR count). The average Bonchev–Trinajstić information content (AvgIpc) is 2.58. The van der Waals surface area contributed by atoms with Gasteiger partial charge >= 0.3 is 0 Å². The normalized spacial score (nSPS) is 15.0. The van der Waals surface area contributed by atoms with Gasteiger partial charge in [0.1, 0.15) is 17.4 Å². The maximum Gasteiger partial charge on any atom is 0.142 e. The predicted octanol–water partition coefficient (Wildman–Crippen LogP) is 2.74. The van der Waals surface area contributed by atoms with Gasteiger partial charge in [0, 0.05) is 37.4 Å². The summed E-state index contributed by atoms with van der Waals surface area (Å²) < 4.78 is 5.48. The number of rotatable bonds is 3. The summed E-state index contributed by atoms with van der Waals surface area (Å²) >= 11 is 0. The smallest absolute Gasteiger partial charge is 0.142 e. The Kier molecular flexibility index (Phi) is 4.37. The van der Waals surface area contributed by atoms with Gasteiger partial charge in [0.15, 0.2) is 0 Å². The van der Waals surface area contributed by atoms with Gasteiger partial charge in [-0.25, -0.2) is 9.97 Å². The molecule has 1 aromatic heterocycles. The van der Waals surface area contributed by atoms with Crippen LogP contribution in [-0.4, -0.2) is 43.3 Å². The van der Waals surface area contributed by atoms with Gasteiger partial charge in [0.05, 0.1) is 12.8 Å². The number of para-hydroxylation sites is 2. The minimum Gasteiger partial charge on any atom is -0.495 e. The Morgan fingerprint density at radius 2 is 1.57 bits per heavy atom. The number of aromatic nitrogens is 2. The summed E-state index contributed by atoms with van der Waals surface area (Å²) in [6.07, 6.45) is 0. The first-order chi connectivity index (χ1) is 11.1. The van der Waals surface area contributed by atoms with Crippen LogP contribution in [0.15, 0.2) is 24.3 Å². The zero-order chi connectivity index (χ0) is 16.4. The zero-order valence-corrected chi connectivity index (χ0v) is 14.3. The van der Waals surface area contributed by atoms with Gasteiger partial charge < -0.3 is 14.5 Å². The lowest BCUT2D eigenvalue weighted by Crippen LogP contribution is -2.47. The Hall–Kier alpha value is -2.30. The van der Waals surface area contributed by atoms with Crippen LogP contribution in [0.5, 0.6) is 5.75 Å². The van der Waals surface area contributed by atoms with Crippen LogP contribution >= 0.6 is 0 Å². The van der Waals surface area contributed by atoms with Crippen molar-refractivity contribution in [1.29, 1.82) is 0 Å². The number of piperazine rings is 1. The quantitative estimate of drug-likeness (QED) is 0.872. The van der Waals surface area contributed by atoms with E-state index in [0.29, 0.717) is 0 Å². The zero-order valence-electron chi connectivity index (χ0n) is 14.3. The molecule has 0 spiro atoms. The van der Waals surface area contributed by atoms with E-state index >= 15 is 0 Å². The van der Waals surface area contributed by atoms with Gasteiger partial charge in [0.25, 0.3) is 0 Å². The van der Waals surface area contributed by atoms with Gasteiger partial charge in [-0.3, -0.25) is 0 Å². The fourth-order valence-electron chi connectivity index (χ4n) is 3.11. The molecule has 2 heterocycles. The van der Waals surface area contributed by atoms with E-state index in [1.165, 1.54) is 11.3 Å². The molecule has 0 N–H and O–H groups in total. The van der Waals surface area contributed by atoms with E-state index in [4.69, 9.17) is 4.74 Å². The number of anilines is 2. The largest absolute Gasteiger partial charge is 0.495 e. The molecule has 2 aromatic rings. The number of hydrogen-bond acceptors (Lipinski definition) is 5. The topological polar surface area (TPSA) is 41.5 Å². The monoisotopic (exact) mass is 312 g/mol. The van der Waals surface area contributed by atoms with Crippen molar-refractivity contribution < 1.29 is 4.74 Å². The van der Waals surface area contributed by atoms with Crippen LogP contribution in [-0.2, 0) is 0 Å². The van der Waals surface area contributed by atoms with Crippen LogP contribution in [0.2, 0.25) is 0 Å². The van der Waals surface area contributed by atoms with Gasteiger partial charge in [-0.15, -0.1) is 0 Å². The van der Waals surface area contributed by atoms with Crippen molar-refractivity contribution in [1.82, 2.24) is 9.97 Å². The van der Waals surface area contributed by atoms with Crippen LogP contribution in [0.25, 0.3) is 0 Å². The molecule has 0 atom stereocenters. The number of aryl methyl sites for hydroxylation is 2. The number of hydrogen-bond donors (Lipinski definition) is 0. The molecule has 122 valence electrons. The third-order valence-electron chi connectivity index (χ3n) is 4.48. The third kappa shape index (κ3) is 3.09. The molecule has 1 aromatic carbocycles. The Labute approximate surface area is 137 Å². The minimum atomic E-state index is 0.843. The van der Waals surface area contributed by atoms with Crippen LogP contribution in [0.3, 0.4) is 0 Å².